The molecule has 20 heavy (non-hydrogen) atoms. The molecule has 2 aromatic heterocycles. The quantitative estimate of drug-likeness (QED) is 0.783. The second-order valence-corrected chi connectivity index (χ2v) is 5.63. The van der Waals surface area contributed by atoms with E-state index in [1.165, 1.54) is 0 Å². The van der Waals surface area contributed by atoms with Crippen molar-refractivity contribution in [1.29, 1.82) is 0 Å². The number of halogens is 1. The summed E-state index contributed by atoms with van der Waals surface area (Å²) in [5.74, 6) is 0.523. The Morgan fingerprint density at radius 1 is 1.10 bits per heavy atom. The van der Waals surface area contributed by atoms with Crippen molar-refractivity contribution >= 4 is 34.6 Å². The molecule has 0 aliphatic carbocycles. The van der Waals surface area contributed by atoms with Crippen molar-refractivity contribution in [2.24, 2.45) is 0 Å². The van der Waals surface area contributed by atoms with E-state index < -0.39 is 0 Å². The molecular formula is C14H11ClN4S. The van der Waals surface area contributed by atoms with Crippen molar-refractivity contribution < 1.29 is 0 Å². The maximum atomic E-state index is 5.77. The predicted molar refractivity (Wildman–Crippen MR) is 82.6 cm³/mol. The van der Waals surface area contributed by atoms with Crippen LogP contribution in [0.3, 0.4) is 0 Å². The van der Waals surface area contributed by atoms with Crippen molar-refractivity contribution in [1.82, 2.24) is 15.0 Å². The summed E-state index contributed by atoms with van der Waals surface area (Å²) in [6.07, 6.45) is 5.00. The molecule has 0 saturated heterocycles. The van der Waals surface area contributed by atoms with Crippen molar-refractivity contribution in [2.45, 2.75) is 6.92 Å². The van der Waals surface area contributed by atoms with Crippen LogP contribution in [-0.2, 0) is 0 Å². The molecule has 0 saturated carbocycles. The third-order valence-electron chi connectivity index (χ3n) is 2.67. The van der Waals surface area contributed by atoms with Crippen LogP contribution in [0.2, 0.25) is 5.02 Å². The van der Waals surface area contributed by atoms with Gasteiger partial charge in [-0.25, -0.2) is 9.97 Å². The Hall–Kier alpha value is -1.98. The van der Waals surface area contributed by atoms with Gasteiger partial charge in [-0.2, -0.15) is 0 Å². The normalized spacial score (nSPS) is 10.5. The number of hydrogen-bond acceptors (Lipinski definition) is 5. The van der Waals surface area contributed by atoms with Gasteiger partial charge in [0.2, 0.25) is 5.95 Å². The zero-order chi connectivity index (χ0) is 13.9. The number of anilines is 2. The van der Waals surface area contributed by atoms with Crippen molar-refractivity contribution in [2.75, 3.05) is 5.32 Å². The highest BCUT2D eigenvalue weighted by Crippen LogP contribution is 2.28. The maximum absolute atomic E-state index is 5.77. The van der Waals surface area contributed by atoms with E-state index in [0.29, 0.717) is 11.0 Å². The standard InChI is InChI=1S/C14H11ClN4S/c1-9-2-10(13-7-16-8-20-13)4-12(3-9)19-14-17-5-11(15)6-18-14/h2-8H,1H3,(H,17,18,19). The fraction of sp³-hybridized carbons (Fsp3) is 0.0714. The summed E-state index contributed by atoms with van der Waals surface area (Å²) < 4.78 is 0. The second-order valence-electron chi connectivity index (χ2n) is 4.30. The summed E-state index contributed by atoms with van der Waals surface area (Å²) in [6.45, 7) is 2.05. The first kappa shape index (κ1) is 13.0. The van der Waals surface area contributed by atoms with E-state index in [1.54, 1.807) is 23.7 Å². The van der Waals surface area contributed by atoms with Gasteiger partial charge in [0, 0.05) is 11.9 Å². The van der Waals surface area contributed by atoms with Crippen LogP contribution in [0, 0.1) is 6.92 Å². The highest BCUT2D eigenvalue weighted by molar-refractivity contribution is 7.13. The van der Waals surface area contributed by atoms with Crippen molar-refractivity contribution in [3.63, 3.8) is 0 Å². The van der Waals surface area contributed by atoms with Gasteiger partial charge in [0.15, 0.2) is 0 Å². The minimum absolute atomic E-state index is 0.519. The minimum atomic E-state index is 0.519. The number of hydrogen-bond donors (Lipinski definition) is 1. The van der Waals surface area contributed by atoms with Crippen molar-refractivity contribution in [3.05, 3.63) is 52.9 Å². The Labute approximate surface area is 125 Å². The monoisotopic (exact) mass is 302 g/mol. The molecule has 100 valence electrons. The SMILES string of the molecule is Cc1cc(Nc2ncc(Cl)cn2)cc(-c2cncs2)c1. The minimum Gasteiger partial charge on any atom is -0.324 e. The molecule has 3 rings (SSSR count). The van der Waals surface area contributed by atoms with Crippen LogP contribution in [0.15, 0.2) is 42.3 Å². The average molecular weight is 303 g/mol. The summed E-state index contributed by atoms with van der Waals surface area (Å²) in [7, 11) is 0. The molecule has 4 nitrogen and oxygen atoms in total. The molecule has 1 N–H and O–H groups in total. The molecule has 2 heterocycles. The second kappa shape index (κ2) is 5.56. The summed E-state index contributed by atoms with van der Waals surface area (Å²) >= 11 is 7.39. The van der Waals surface area contributed by atoms with Gasteiger partial charge < -0.3 is 5.32 Å². The third kappa shape index (κ3) is 2.95. The Morgan fingerprint density at radius 3 is 2.60 bits per heavy atom. The van der Waals surface area contributed by atoms with E-state index in [-0.39, 0.29) is 0 Å². The fourth-order valence-corrected chi connectivity index (χ4v) is 2.57. The van der Waals surface area contributed by atoms with Gasteiger partial charge in [-0.05, 0) is 30.2 Å². The summed E-state index contributed by atoms with van der Waals surface area (Å²) in [4.78, 5) is 13.5. The van der Waals surface area contributed by atoms with Gasteiger partial charge in [-0.15, -0.1) is 11.3 Å². The zero-order valence-corrected chi connectivity index (χ0v) is 12.2. The molecule has 0 spiro atoms. The summed E-state index contributed by atoms with van der Waals surface area (Å²) in [5, 5.41) is 3.70. The lowest BCUT2D eigenvalue weighted by Crippen LogP contribution is -1.96. The lowest BCUT2D eigenvalue weighted by atomic mass is 10.1. The van der Waals surface area contributed by atoms with E-state index in [4.69, 9.17) is 11.6 Å². The molecular weight excluding hydrogens is 292 g/mol. The predicted octanol–water partition coefficient (Wildman–Crippen LogP) is 4.31. The van der Waals surface area contributed by atoms with Crippen LogP contribution < -0.4 is 5.32 Å². The van der Waals surface area contributed by atoms with Gasteiger partial charge in [0.1, 0.15) is 0 Å². The van der Waals surface area contributed by atoms with Gasteiger partial charge in [-0.3, -0.25) is 4.98 Å². The van der Waals surface area contributed by atoms with Crippen molar-refractivity contribution in [3.8, 4) is 10.4 Å². The molecule has 1 aromatic carbocycles. The van der Waals surface area contributed by atoms with Gasteiger partial charge >= 0.3 is 0 Å². The van der Waals surface area contributed by atoms with E-state index in [1.807, 2.05) is 17.8 Å². The number of benzene rings is 1. The molecule has 3 aromatic rings. The van der Waals surface area contributed by atoms with Crippen LogP contribution in [0.25, 0.3) is 10.4 Å². The van der Waals surface area contributed by atoms with Gasteiger partial charge in [0.25, 0.3) is 0 Å². The number of thiazole rings is 1. The van der Waals surface area contributed by atoms with Crippen LogP contribution in [0.1, 0.15) is 5.56 Å². The number of aryl methyl sites for hydroxylation is 1. The lowest BCUT2D eigenvalue weighted by Gasteiger charge is -2.08. The molecule has 0 aliphatic heterocycles. The van der Waals surface area contributed by atoms with Crippen LogP contribution >= 0.6 is 22.9 Å². The number of rotatable bonds is 3. The first-order valence-corrected chi connectivity index (χ1v) is 7.21. The lowest BCUT2D eigenvalue weighted by molar-refractivity contribution is 1.17. The maximum Gasteiger partial charge on any atom is 0.227 e. The molecule has 0 amide bonds. The highest BCUT2D eigenvalue weighted by Gasteiger charge is 2.04. The van der Waals surface area contributed by atoms with E-state index >= 15 is 0 Å². The number of nitrogens with one attached hydrogen (secondary N) is 1. The number of nitrogens with zero attached hydrogens (tertiary/aromatic N) is 3. The summed E-state index contributed by atoms with van der Waals surface area (Å²) in [5.41, 5.74) is 5.06. The van der Waals surface area contributed by atoms with Crippen LogP contribution in [-0.4, -0.2) is 15.0 Å². The highest BCUT2D eigenvalue weighted by atomic mass is 35.5. The zero-order valence-electron chi connectivity index (χ0n) is 10.7. The van der Waals surface area contributed by atoms with Crippen LogP contribution in [0.4, 0.5) is 11.6 Å². The first-order valence-electron chi connectivity index (χ1n) is 5.96. The summed E-state index contributed by atoms with van der Waals surface area (Å²) in [6, 6.07) is 6.22. The largest absolute Gasteiger partial charge is 0.324 e. The van der Waals surface area contributed by atoms with E-state index in [2.05, 4.69) is 39.3 Å². The molecule has 0 fully saturated rings. The third-order valence-corrected chi connectivity index (χ3v) is 3.69. The molecule has 0 bridgehead atoms. The smallest absolute Gasteiger partial charge is 0.227 e. The Balaban J connectivity index is 1.92. The van der Waals surface area contributed by atoms with Gasteiger partial charge in [0.05, 0.1) is 27.8 Å². The van der Waals surface area contributed by atoms with Crippen LogP contribution in [0.5, 0.6) is 0 Å². The average Bonchev–Trinajstić information content (AvgIpc) is 2.95. The fourth-order valence-electron chi connectivity index (χ4n) is 1.86. The van der Waals surface area contributed by atoms with E-state index in [0.717, 1.165) is 21.7 Å². The Morgan fingerprint density at radius 2 is 1.90 bits per heavy atom. The Kier molecular flexibility index (Phi) is 3.62. The molecule has 6 heteroatoms. The Bertz CT molecular complexity index is 711. The molecule has 0 atom stereocenters. The molecule has 0 radical (unpaired) electrons. The molecule has 0 unspecified atom stereocenters. The molecule has 0 aliphatic rings. The first-order chi connectivity index (χ1) is 9.70. The van der Waals surface area contributed by atoms with E-state index in [9.17, 15) is 0 Å². The number of aromatic nitrogens is 3. The topological polar surface area (TPSA) is 50.7 Å². The van der Waals surface area contributed by atoms with Gasteiger partial charge in [-0.1, -0.05) is 17.7 Å².